The molecule has 1 aromatic carbocycles. The lowest BCUT2D eigenvalue weighted by Crippen LogP contribution is -2.52. The van der Waals surface area contributed by atoms with Gasteiger partial charge in [-0.15, -0.1) is 12.4 Å². The zero-order valence-corrected chi connectivity index (χ0v) is 16.0. The van der Waals surface area contributed by atoms with Crippen LogP contribution in [0.2, 0.25) is 5.02 Å². The zero-order chi connectivity index (χ0) is 18.0. The van der Waals surface area contributed by atoms with Crippen LogP contribution < -0.4 is 11.1 Å². The highest BCUT2D eigenvalue weighted by Gasteiger charge is 2.33. The zero-order valence-electron chi connectivity index (χ0n) is 14.5. The van der Waals surface area contributed by atoms with Crippen LogP contribution in [0.1, 0.15) is 36.7 Å². The predicted octanol–water partition coefficient (Wildman–Crippen LogP) is 3.03. The molecule has 1 amide bonds. The molecule has 1 aliphatic carbocycles. The van der Waals surface area contributed by atoms with E-state index in [1.54, 1.807) is 25.1 Å². The molecule has 2 aromatic rings. The molecule has 3 rings (SSSR count). The van der Waals surface area contributed by atoms with E-state index >= 15 is 0 Å². The van der Waals surface area contributed by atoms with Crippen LogP contribution in [0.3, 0.4) is 0 Å². The number of fused-ring (bicyclic) bond motifs is 1. The smallest absolute Gasteiger partial charge is 0.308 e. The van der Waals surface area contributed by atoms with Crippen LogP contribution in [-0.2, 0) is 9.53 Å². The van der Waals surface area contributed by atoms with Crippen LogP contribution >= 0.6 is 24.0 Å². The summed E-state index contributed by atoms with van der Waals surface area (Å²) < 4.78 is 5.06. The van der Waals surface area contributed by atoms with E-state index in [0.29, 0.717) is 36.6 Å². The Hall–Kier alpha value is -1.76. The molecule has 1 saturated carbocycles. The van der Waals surface area contributed by atoms with Crippen LogP contribution in [0.5, 0.6) is 0 Å². The number of nitrogens with two attached hydrogens (primary N) is 1. The van der Waals surface area contributed by atoms with Gasteiger partial charge in [0, 0.05) is 28.0 Å². The number of aromatic amines is 1. The van der Waals surface area contributed by atoms with Crippen LogP contribution in [0.15, 0.2) is 24.3 Å². The molecule has 0 bridgehead atoms. The van der Waals surface area contributed by atoms with Gasteiger partial charge in [-0.25, -0.2) is 0 Å². The first kappa shape index (κ1) is 20.6. The minimum absolute atomic E-state index is 0. The van der Waals surface area contributed by atoms with Crippen molar-refractivity contribution in [3.05, 3.63) is 35.0 Å². The summed E-state index contributed by atoms with van der Waals surface area (Å²) in [6.07, 6.45) is 1.84. The Morgan fingerprint density at radius 2 is 2.12 bits per heavy atom. The number of carbonyl (C=O) groups is 2. The summed E-state index contributed by atoms with van der Waals surface area (Å²) in [4.78, 5) is 27.4. The van der Waals surface area contributed by atoms with E-state index in [-0.39, 0.29) is 42.3 Å². The molecule has 0 unspecified atom stereocenters. The predicted molar refractivity (Wildman–Crippen MR) is 104 cm³/mol. The minimum atomic E-state index is -0.272. The molecule has 0 spiro atoms. The van der Waals surface area contributed by atoms with E-state index in [0.717, 1.165) is 10.9 Å². The number of H-pyrrole nitrogens is 1. The normalized spacial score (nSPS) is 22.5. The summed E-state index contributed by atoms with van der Waals surface area (Å²) >= 11 is 5.98. The van der Waals surface area contributed by atoms with Crippen molar-refractivity contribution in [2.45, 2.75) is 38.3 Å². The molecule has 26 heavy (non-hydrogen) atoms. The number of aromatic nitrogens is 1. The first-order valence-electron chi connectivity index (χ1n) is 8.49. The van der Waals surface area contributed by atoms with Crippen molar-refractivity contribution in [1.29, 1.82) is 0 Å². The SMILES string of the molecule is CCOC(=O)[C@H]1CC[C@H](NC(=O)c2cc3cc(Cl)ccc3[nH]2)[C@H](N)C1.Cl. The van der Waals surface area contributed by atoms with Gasteiger partial charge < -0.3 is 20.8 Å². The fourth-order valence-electron chi connectivity index (χ4n) is 3.33. The summed E-state index contributed by atoms with van der Waals surface area (Å²) in [5.74, 6) is -0.587. The number of benzene rings is 1. The number of rotatable bonds is 4. The number of nitrogens with one attached hydrogen (secondary N) is 2. The van der Waals surface area contributed by atoms with Gasteiger partial charge in [-0.3, -0.25) is 9.59 Å². The lowest BCUT2D eigenvalue weighted by molar-refractivity contribution is -0.149. The van der Waals surface area contributed by atoms with Crippen LogP contribution in [0.4, 0.5) is 0 Å². The molecule has 1 heterocycles. The molecule has 0 saturated heterocycles. The van der Waals surface area contributed by atoms with Crippen molar-refractivity contribution in [1.82, 2.24) is 10.3 Å². The third kappa shape index (κ3) is 4.50. The average molecular weight is 400 g/mol. The van der Waals surface area contributed by atoms with Gasteiger partial charge in [0.15, 0.2) is 0 Å². The molecule has 1 aromatic heterocycles. The van der Waals surface area contributed by atoms with Crippen molar-refractivity contribution in [2.24, 2.45) is 11.7 Å². The van der Waals surface area contributed by atoms with Gasteiger partial charge in [-0.05, 0) is 50.5 Å². The quantitative estimate of drug-likeness (QED) is 0.688. The fourth-order valence-corrected chi connectivity index (χ4v) is 3.51. The molecule has 8 heteroatoms. The first-order valence-corrected chi connectivity index (χ1v) is 8.87. The van der Waals surface area contributed by atoms with E-state index in [4.69, 9.17) is 22.1 Å². The molecular formula is C18H23Cl2N3O3. The maximum atomic E-state index is 12.5. The summed E-state index contributed by atoms with van der Waals surface area (Å²) in [7, 11) is 0. The molecule has 0 aliphatic heterocycles. The van der Waals surface area contributed by atoms with E-state index in [2.05, 4.69) is 10.3 Å². The minimum Gasteiger partial charge on any atom is -0.466 e. The second-order valence-corrected chi connectivity index (χ2v) is 6.86. The fraction of sp³-hybridized carbons (Fsp3) is 0.444. The lowest BCUT2D eigenvalue weighted by Gasteiger charge is -2.33. The molecule has 1 aliphatic rings. The van der Waals surface area contributed by atoms with Crippen molar-refractivity contribution in [2.75, 3.05) is 6.61 Å². The number of ether oxygens (including phenoxy) is 1. The van der Waals surface area contributed by atoms with Gasteiger partial charge in [0.2, 0.25) is 0 Å². The second-order valence-electron chi connectivity index (χ2n) is 6.42. The van der Waals surface area contributed by atoms with Crippen molar-refractivity contribution in [3.8, 4) is 0 Å². The van der Waals surface area contributed by atoms with Gasteiger partial charge >= 0.3 is 5.97 Å². The number of amides is 1. The van der Waals surface area contributed by atoms with Crippen molar-refractivity contribution in [3.63, 3.8) is 0 Å². The number of carbonyl (C=O) groups excluding carboxylic acids is 2. The number of esters is 1. The summed E-state index contributed by atoms with van der Waals surface area (Å²) in [5, 5.41) is 4.48. The maximum Gasteiger partial charge on any atom is 0.308 e. The Bertz CT molecular complexity index is 793. The first-order chi connectivity index (χ1) is 12.0. The van der Waals surface area contributed by atoms with Gasteiger partial charge in [0.25, 0.3) is 5.91 Å². The average Bonchev–Trinajstić information content (AvgIpc) is 3.00. The molecule has 1 fully saturated rings. The van der Waals surface area contributed by atoms with Crippen molar-refractivity contribution < 1.29 is 14.3 Å². The monoisotopic (exact) mass is 399 g/mol. The Kier molecular flexibility index (Phi) is 6.92. The second kappa shape index (κ2) is 8.75. The van der Waals surface area contributed by atoms with Gasteiger partial charge in [0.05, 0.1) is 12.5 Å². The van der Waals surface area contributed by atoms with E-state index < -0.39 is 0 Å². The maximum absolute atomic E-state index is 12.5. The topological polar surface area (TPSA) is 97.2 Å². The highest BCUT2D eigenvalue weighted by Crippen LogP contribution is 2.25. The third-order valence-corrected chi connectivity index (χ3v) is 4.90. The number of hydrogen-bond donors (Lipinski definition) is 3. The molecule has 4 N–H and O–H groups in total. The molecular weight excluding hydrogens is 377 g/mol. The van der Waals surface area contributed by atoms with Crippen molar-refractivity contribution >= 4 is 46.8 Å². The number of hydrogen-bond acceptors (Lipinski definition) is 4. The third-order valence-electron chi connectivity index (χ3n) is 4.66. The Morgan fingerprint density at radius 1 is 1.35 bits per heavy atom. The van der Waals surface area contributed by atoms with Gasteiger partial charge in [-0.2, -0.15) is 0 Å². The lowest BCUT2D eigenvalue weighted by atomic mass is 9.82. The van der Waals surface area contributed by atoms with Crippen LogP contribution in [-0.4, -0.2) is 35.6 Å². The number of halogens is 2. The highest BCUT2D eigenvalue weighted by molar-refractivity contribution is 6.31. The largest absolute Gasteiger partial charge is 0.466 e. The van der Waals surface area contributed by atoms with Crippen LogP contribution in [0.25, 0.3) is 10.9 Å². The van der Waals surface area contributed by atoms with Gasteiger partial charge in [0.1, 0.15) is 5.69 Å². The van der Waals surface area contributed by atoms with E-state index in [1.807, 2.05) is 6.07 Å². The molecule has 3 atom stereocenters. The molecule has 142 valence electrons. The Morgan fingerprint density at radius 3 is 2.81 bits per heavy atom. The highest BCUT2D eigenvalue weighted by atomic mass is 35.5. The van der Waals surface area contributed by atoms with Crippen LogP contribution in [0, 0.1) is 5.92 Å². The van der Waals surface area contributed by atoms with E-state index in [1.165, 1.54) is 0 Å². The molecule has 0 radical (unpaired) electrons. The van der Waals surface area contributed by atoms with Gasteiger partial charge in [-0.1, -0.05) is 11.6 Å². The summed E-state index contributed by atoms with van der Waals surface area (Å²) in [6, 6.07) is 6.76. The Labute approximate surface area is 163 Å². The molecule has 6 nitrogen and oxygen atoms in total. The summed E-state index contributed by atoms with van der Waals surface area (Å²) in [6.45, 7) is 2.16. The van der Waals surface area contributed by atoms with E-state index in [9.17, 15) is 9.59 Å². The Balaban J connectivity index is 0.00000243. The summed E-state index contributed by atoms with van der Waals surface area (Å²) in [5.41, 5.74) is 7.50. The standard InChI is InChI=1S/C18H22ClN3O3.ClH/c1-2-25-18(24)10-3-5-15(13(20)8-10)22-17(23)16-9-11-7-12(19)4-6-14(11)21-16;/h4,6-7,9-10,13,15,21H,2-3,5,8,20H2,1H3,(H,22,23);1H/t10-,13+,15-;/m0./s1.